The number of hydrogen-bond donors (Lipinski definition) is 2. The van der Waals surface area contributed by atoms with Crippen molar-refractivity contribution in [1.82, 2.24) is 5.01 Å². The van der Waals surface area contributed by atoms with Crippen molar-refractivity contribution < 1.29 is 33.4 Å². The van der Waals surface area contributed by atoms with Crippen molar-refractivity contribution in [3.05, 3.63) is 129 Å². The van der Waals surface area contributed by atoms with Crippen molar-refractivity contribution in [2.24, 2.45) is 23.7 Å². The Morgan fingerprint density at radius 2 is 1.60 bits per heavy atom. The number of carbonyl (C=O) groups excluding carboxylic acids is 4. The predicted molar refractivity (Wildman–Crippen MR) is 197 cm³/mol. The van der Waals surface area contributed by atoms with Crippen LogP contribution in [0.3, 0.4) is 0 Å². The number of amides is 4. The maximum atomic E-state index is 15.3. The van der Waals surface area contributed by atoms with Gasteiger partial charge in [0.05, 0.1) is 46.7 Å². The van der Waals surface area contributed by atoms with Crippen LogP contribution >= 0.6 is 23.2 Å². The zero-order valence-corrected chi connectivity index (χ0v) is 30.2. The van der Waals surface area contributed by atoms with E-state index in [-0.39, 0.29) is 41.2 Å². The van der Waals surface area contributed by atoms with Gasteiger partial charge in [0.15, 0.2) is 11.5 Å². The number of fused-ring (bicyclic) bond motifs is 4. The van der Waals surface area contributed by atoms with Crippen molar-refractivity contribution in [3.63, 3.8) is 0 Å². The van der Waals surface area contributed by atoms with Crippen LogP contribution in [0.15, 0.2) is 96.6 Å². The highest BCUT2D eigenvalue weighted by Gasteiger charge is 2.70. The molecule has 9 nitrogen and oxygen atoms in total. The van der Waals surface area contributed by atoms with Crippen molar-refractivity contribution in [2.45, 2.75) is 37.5 Å². The van der Waals surface area contributed by atoms with Crippen LogP contribution in [-0.2, 0) is 31.0 Å². The number of phenolic OH excluding ortho intramolecular Hbond substituents is 1. The molecule has 4 amide bonds. The number of phenols is 1. The van der Waals surface area contributed by atoms with Crippen LogP contribution in [0.1, 0.15) is 42.4 Å². The molecule has 0 spiro atoms. The van der Waals surface area contributed by atoms with Crippen LogP contribution in [0.2, 0.25) is 10.0 Å². The van der Waals surface area contributed by atoms with Crippen molar-refractivity contribution >= 4 is 58.2 Å². The number of allylic oxidation sites excluding steroid dienone is 2. The summed E-state index contributed by atoms with van der Waals surface area (Å²) in [5, 5.41) is 12.1. The molecular formula is C41H34Cl2FN3O6. The molecule has 4 aromatic rings. The summed E-state index contributed by atoms with van der Waals surface area (Å²) in [6, 6.07) is 22.5. The first-order chi connectivity index (χ1) is 25.5. The van der Waals surface area contributed by atoms with Gasteiger partial charge in [-0.2, -0.15) is 5.01 Å². The summed E-state index contributed by atoms with van der Waals surface area (Å²) in [6.07, 6.45) is 3.03. The number of imide groups is 2. The van der Waals surface area contributed by atoms with E-state index >= 15 is 4.79 Å². The van der Waals surface area contributed by atoms with Crippen LogP contribution < -0.4 is 15.1 Å². The highest BCUT2D eigenvalue weighted by atomic mass is 35.5. The minimum atomic E-state index is -1.61. The van der Waals surface area contributed by atoms with Crippen LogP contribution in [0, 0.1) is 29.5 Å². The average Bonchev–Trinajstić information content (AvgIpc) is 3.54. The maximum absolute atomic E-state index is 15.3. The van der Waals surface area contributed by atoms with Gasteiger partial charge in [-0.1, -0.05) is 66.0 Å². The summed E-state index contributed by atoms with van der Waals surface area (Å²) < 4.78 is 19.4. The van der Waals surface area contributed by atoms with E-state index in [1.807, 2.05) is 25.1 Å². The highest BCUT2D eigenvalue weighted by molar-refractivity contribution is 6.32. The Bertz CT molecular complexity index is 2210. The fourth-order valence-electron chi connectivity index (χ4n) is 9.08. The van der Waals surface area contributed by atoms with E-state index in [9.17, 15) is 23.9 Å². The number of hydrazine groups is 1. The number of aromatic hydroxyl groups is 1. The number of anilines is 2. The number of nitrogens with zero attached hydrogens (tertiary/aromatic N) is 2. The van der Waals surface area contributed by atoms with Gasteiger partial charge in [-0.25, -0.2) is 4.39 Å². The molecule has 4 aliphatic rings. The summed E-state index contributed by atoms with van der Waals surface area (Å²) >= 11 is 13.0. The summed E-state index contributed by atoms with van der Waals surface area (Å²) in [6.45, 7) is 2.02. The standard InChI is InChI=1S/C41H34Cl2FN3O6/c1-3-21-4-14-27(15-5-21)46-37(49)29-17-16-28-30(34(29)39(46)51)20-31-38(50)47(45-26-12-10-25(44)11-13-26)40(52)41(31,23-6-8-24(42)9-7-23)35(28)22-18-32(43)36(48)33(19-22)53-2/h4-16,18-19,29-31,34-35,45,48H,3,17,20H2,1-2H3. The van der Waals surface area contributed by atoms with Crippen LogP contribution in [-0.4, -0.2) is 40.9 Å². The molecule has 6 atom stereocenters. The number of benzene rings is 4. The molecule has 53 heavy (non-hydrogen) atoms. The number of methoxy groups -OCH3 is 1. The lowest BCUT2D eigenvalue weighted by Gasteiger charge is -2.50. The van der Waals surface area contributed by atoms with E-state index < -0.39 is 52.6 Å². The lowest BCUT2D eigenvalue weighted by molar-refractivity contribution is -0.138. The fraction of sp³-hybridized carbons (Fsp3) is 0.268. The van der Waals surface area contributed by atoms with Crippen molar-refractivity contribution in [3.8, 4) is 11.5 Å². The molecule has 2 saturated heterocycles. The molecule has 2 aliphatic carbocycles. The molecule has 2 N–H and O–H groups in total. The molecule has 2 aliphatic heterocycles. The van der Waals surface area contributed by atoms with E-state index in [2.05, 4.69) is 5.43 Å². The van der Waals surface area contributed by atoms with Crippen molar-refractivity contribution in [1.29, 1.82) is 0 Å². The molecule has 0 aromatic heterocycles. The normalized spacial score (nSPS) is 26.3. The number of aryl methyl sites for hydroxylation is 1. The first-order valence-corrected chi connectivity index (χ1v) is 18.1. The summed E-state index contributed by atoms with van der Waals surface area (Å²) in [5.74, 6) is -6.62. The molecule has 270 valence electrons. The van der Waals surface area contributed by atoms with Crippen LogP contribution in [0.4, 0.5) is 15.8 Å². The van der Waals surface area contributed by atoms with E-state index in [0.29, 0.717) is 33.1 Å². The smallest absolute Gasteiger partial charge is 0.260 e. The zero-order valence-electron chi connectivity index (χ0n) is 28.7. The SMILES string of the molecule is CCc1ccc(N2C(=O)C3CC=C4C(CC5C(=O)N(Nc6ccc(F)cc6)C(=O)C5(c5ccc(Cl)cc5)C4c4cc(Cl)c(O)c(OC)c4)C3C2=O)cc1. The number of carbonyl (C=O) groups is 4. The summed E-state index contributed by atoms with van der Waals surface area (Å²) in [4.78, 5) is 60.0. The molecule has 3 fully saturated rings. The van der Waals surface area contributed by atoms with Crippen LogP contribution in [0.5, 0.6) is 11.5 Å². The molecule has 2 heterocycles. The van der Waals surface area contributed by atoms with Gasteiger partial charge in [-0.3, -0.25) is 29.5 Å². The van der Waals surface area contributed by atoms with Crippen LogP contribution in [0.25, 0.3) is 0 Å². The number of ether oxygens (including phenoxy) is 1. The Labute approximate surface area is 314 Å². The minimum absolute atomic E-state index is 0.0366. The zero-order chi connectivity index (χ0) is 37.3. The molecular weight excluding hydrogens is 720 g/mol. The topological polar surface area (TPSA) is 116 Å². The van der Waals surface area contributed by atoms with E-state index in [4.69, 9.17) is 27.9 Å². The number of halogens is 3. The maximum Gasteiger partial charge on any atom is 0.260 e. The van der Waals surface area contributed by atoms with E-state index in [1.54, 1.807) is 48.5 Å². The first kappa shape index (κ1) is 34.9. The Hall–Kier alpha value is -5.19. The van der Waals surface area contributed by atoms with Gasteiger partial charge in [-0.15, -0.1) is 0 Å². The van der Waals surface area contributed by atoms with Crippen molar-refractivity contribution in [2.75, 3.05) is 17.4 Å². The molecule has 6 unspecified atom stereocenters. The third kappa shape index (κ3) is 5.25. The second-order valence-corrected chi connectivity index (χ2v) is 14.8. The first-order valence-electron chi connectivity index (χ1n) is 17.4. The molecule has 12 heteroatoms. The highest BCUT2D eigenvalue weighted by Crippen LogP contribution is 2.64. The summed E-state index contributed by atoms with van der Waals surface area (Å²) in [5.41, 5.74) is 4.83. The lowest BCUT2D eigenvalue weighted by atomic mass is 9.49. The van der Waals surface area contributed by atoms with Gasteiger partial charge in [0.25, 0.3) is 11.8 Å². The second kappa shape index (κ2) is 13.0. The number of hydrogen-bond acceptors (Lipinski definition) is 7. The van der Waals surface area contributed by atoms with E-state index in [1.165, 1.54) is 36.3 Å². The largest absolute Gasteiger partial charge is 0.503 e. The van der Waals surface area contributed by atoms with Gasteiger partial charge in [0.2, 0.25) is 11.8 Å². The quantitative estimate of drug-likeness (QED) is 0.148. The minimum Gasteiger partial charge on any atom is -0.503 e. The fourth-order valence-corrected chi connectivity index (χ4v) is 9.43. The Morgan fingerprint density at radius 3 is 2.26 bits per heavy atom. The third-order valence-electron chi connectivity index (χ3n) is 11.5. The number of rotatable bonds is 7. The van der Waals surface area contributed by atoms with Gasteiger partial charge >= 0.3 is 0 Å². The molecule has 0 bridgehead atoms. The second-order valence-electron chi connectivity index (χ2n) is 14.0. The van der Waals surface area contributed by atoms with Gasteiger partial charge in [0, 0.05) is 10.9 Å². The van der Waals surface area contributed by atoms with Gasteiger partial charge in [-0.05, 0) is 103 Å². The predicted octanol–water partition coefficient (Wildman–Crippen LogP) is 7.60. The molecule has 1 saturated carbocycles. The van der Waals surface area contributed by atoms with E-state index in [0.717, 1.165) is 17.0 Å². The Morgan fingerprint density at radius 1 is 0.906 bits per heavy atom. The van der Waals surface area contributed by atoms with Gasteiger partial charge in [0.1, 0.15) is 5.82 Å². The Kier molecular flexibility index (Phi) is 8.58. The Balaban J connectivity index is 1.33. The number of nitrogens with one attached hydrogen (secondary N) is 1. The van der Waals surface area contributed by atoms with Gasteiger partial charge < -0.3 is 9.84 Å². The summed E-state index contributed by atoms with van der Waals surface area (Å²) in [7, 11) is 1.38. The monoisotopic (exact) mass is 753 g/mol. The average molecular weight is 755 g/mol. The lowest BCUT2D eigenvalue weighted by Crippen LogP contribution is -2.53. The third-order valence-corrected chi connectivity index (χ3v) is 12.0. The molecule has 4 aromatic carbocycles. The molecule has 0 radical (unpaired) electrons. The molecule has 8 rings (SSSR count).